The van der Waals surface area contributed by atoms with Crippen molar-refractivity contribution in [3.63, 3.8) is 0 Å². The van der Waals surface area contributed by atoms with E-state index in [0.717, 1.165) is 58.9 Å². The van der Waals surface area contributed by atoms with E-state index < -0.39 is 0 Å². The van der Waals surface area contributed by atoms with E-state index in [0.29, 0.717) is 0 Å². The zero-order valence-corrected chi connectivity index (χ0v) is 17.7. The fourth-order valence-electron chi connectivity index (χ4n) is 1.45. The summed E-state index contributed by atoms with van der Waals surface area (Å²) < 4.78 is 16.2. The molecule has 0 aliphatic rings. The van der Waals surface area contributed by atoms with E-state index in [9.17, 15) is 0 Å². The third-order valence-electron chi connectivity index (χ3n) is 2.50. The second-order valence-corrected chi connectivity index (χ2v) is 14.5. The van der Waals surface area contributed by atoms with Gasteiger partial charge in [-0.15, -0.1) is 34.1 Å². The Labute approximate surface area is 150 Å². The van der Waals surface area contributed by atoms with Crippen LogP contribution in [0.3, 0.4) is 0 Å². The Morgan fingerprint density at radius 1 is 0.591 bits per heavy atom. The normalized spacial score (nSPS) is 11.5. The molecule has 0 spiro atoms. The maximum absolute atomic E-state index is 5.41. The highest BCUT2D eigenvalue weighted by atomic mass is 33.4. The van der Waals surface area contributed by atoms with Crippen molar-refractivity contribution in [1.82, 2.24) is 0 Å². The highest BCUT2D eigenvalue weighted by Gasteiger charge is 2.10. The van der Waals surface area contributed by atoms with Crippen LogP contribution < -0.4 is 0 Å². The van der Waals surface area contributed by atoms with Crippen molar-refractivity contribution in [1.29, 1.82) is 0 Å². The monoisotopic (exact) mass is 388 g/mol. The topological polar surface area (TPSA) is 27.7 Å². The van der Waals surface area contributed by atoms with Crippen LogP contribution in [0.1, 0.15) is 40.0 Å². The Hall–Kier alpha value is 1.36. The van der Waals surface area contributed by atoms with Crippen LogP contribution >= 0.6 is 39.7 Å². The second-order valence-electron chi connectivity index (χ2n) is 4.37. The van der Waals surface area contributed by atoms with E-state index in [2.05, 4.69) is 54.9 Å². The van der Waals surface area contributed by atoms with E-state index in [4.69, 9.17) is 14.2 Å². The molecule has 0 heterocycles. The third-order valence-corrected chi connectivity index (χ3v) is 13.8. The first-order valence-electron chi connectivity index (χ1n) is 8.27. The van der Waals surface area contributed by atoms with Gasteiger partial charge in [-0.25, -0.2) is 0 Å². The Morgan fingerprint density at radius 2 is 0.909 bits per heavy atom. The van der Waals surface area contributed by atoms with Crippen LogP contribution in [0.2, 0.25) is 0 Å². The van der Waals surface area contributed by atoms with Gasteiger partial charge in [-0.05, 0) is 40.0 Å². The molecular formula is C15H33O3PS3. The van der Waals surface area contributed by atoms with Gasteiger partial charge in [0.25, 0.3) is 0 Å². The van der Waals surface area contributed by atoms with Gasteiger partial charge < -0.3 is 14.2 Å². The van der Waals surface area contributed by atoms with Crippen molar-refractivity contribution >= 4 is 39.7 Å². The summed E-state index contributed by atoms with van der Waals surface area (Å²) in [5, 5.41) is 0. The lowest BCUT2D eigenvalue weighted by Crippen LogP contribution is -1.95. The van der Waals surface area contributed by atoms with Gasteiger partial charge in [0.2, 0.25) is 0 Å². The molecule has 0 saturated carbocycles. The smallest absolute Gasteiger partial charge is 0.0729 e. The molecular weight excluding hydrogens is 355 g/mol. The minimum Gasteiger partial charge on any atom is -0.382 e. The quantitative estimate of drug-likeness (QED) is 0.221. The molecule has 0 fully saturated rings. The highest BCUT2D eigenvalue weighted by molar-refractivity contribution is 9.12. The van der Waals surface area contributed by atoms with Gasteiger partial charge in [0.1, 0.15) is 0 Å². The van der Waals surface area contributed by atoms with Gasteiger partial charge in [-0.3, -0.25) is 0 Å². The van der Waals surface area contributed by atoms with Gasteiger partial charge in [0.15, 0.2) is 0 Å². The lowest BCUT2D eigenvalue weighted by atomic mass is 10.5. The lowest BCUT2D eigenvalue weighted by Gasteiger charge is -2.15. The molecule has 7 heteroatoms. The summed E-state index contributed by atoms with van der Waals surface area (Å²) in [7, 11) is 0. The first-order chi connectivity index (χ1) is 10.8. The maximum Gasteiger partial charge on any atom is 0.0729 e. The van der Waals surface area contributed by atoms with Gasteiger partial charge >= 0.3 is 0 Å². The lowest BCUT2D eigenvalue weighted by molar-refractivity contribution is 0.149. The standard InChI is InChI=1S/C15H33O3PS3/c1-4-16-10-7-13-20-19(21-14-8-11-17-5-2)22-15-9-12-18-6-3/h4-15H2,1-3H3. The summed E-state index contributed by atoms with van der Waals surface area (Å²) in [5.41, 5.74) is -0.0400. The molecule has 0 amide bonds. The van der Waals surface area contributed by atoms with Gasteiger partial charge in [-0.1, -0.05) is 0 Å². The Kier molecular flexibility index (Phi) is 21.7. The van der Waals surface area contributed by atoms with Crippen molar-refractivity contribution in [2.24, 2.45) is 0 Å². The van der Waals surface area contributed by atoms with Crippen molar-refractivity contribution < 1.29 is 14.2 Å². The minimum atomic E-state index is -0.0400. The average molecular weight is 389 g/mol. The number of hydrogen-bond donors (Lipinski definition) is 0. The third kappa shape index (κ3) is 17.7. The fraction of sp³-hybridized carbons (Fsp3) is 1.00. The molecule has 134 valence electrons. The molecule has 0 atom stereocenters. The molecule has 0 bridgehead atoms. The van der Waals surface area contributed by atoms with E-state index in [1.165, 1.54) is 17.3 Å². The molecule has 0 radical (unpaired) electrons. The van der Waals surface area contributed by atoms with Crippen LogP contribution in [0.4, 0.5) is 0 Å². The molecule has 0 aliphatic carbocycles. The van der Waals surface area contributed by atoms with E-state index in [1.807, 2.05) is 0 Å². The first kappa shape index (κ1) is 23.4. The minimum absolute atomic E-state index is 0.0400. The van der Waals surface area contributed by atoms with Crippen molar-refractivity contribution in [3.8, 4) is 0 Å². The molecule has 0 aromatic rings. The second kappa shape index (κ2) is 20.4. The summed E-state index contributed by atoms with van der Waals surface area (Å²) in [6.07, 6.45) is 3.49. The van der Waals surface area contributed by atoms with Crippen LogP contribution in [0, 0.1) is 0 Å². The van der Waals surface area contributed by atoms with Crippen molar-refractivity contribution in [3.05, 3.63) is 0 Å². The molecule has 3 nitrogen and oxygen atoms in total. The number of rotatable bonds is 18. The number of hydrogen-bond acceptors (Lipinski definition) is 6. The van der Waals surface area contributed by atoms with Gasteiger partial charge in [-0.2, -0.15) is 0 Å². The molecule has 0 unspecified atom stereocenters. The van der Waals surface area contributed by atoms with Gasteiger partial charge in [0, 0.05) is 56.9 Å². The van der Waals surface area contributed by atoms with E-state index >= 15 is 0 Å². The molecule has 0 aromatic heterocycles. The van der Waals surface area contributed by atoms with Crippen molar-refractivity contribution in [2.45, 2.75) is 40.0 Å². The Bertz CT molecular complexity index is 181. The molecule has 22 heavy (non-hydrogen) atoms. The number of ether oxygens (including phenoxy) is 3. The average Bonchev–Trinajstić information content (AvgIpc) is 2.53. The molecule has 0 aliphatic heterocycles. The summed E-state index contributed by atoms with van der Waals surface area (Å²) in [4.78, 5) is 0. The van der Waals surface area contributed by atoms with Crippen LogP contribution in [-0.4, -0.2) is 56.9 Å². The van der Waals surface area contributed by atoms with Crippen LogP contribution in [0.15, 0.2) is 0 Å². The largest absolute Gasteiger partial charge is 0.382 e. The zero-order valence-electron chi connectivity index (χ0n) is 14.4. The Morgan fingerprint density at radius 3 is 1.18 bits per heavy atom. The maximum atomic E-state index is 5.41. The molecule has 0 aromatic carbocycles. The van der Waals surface area contributed by atoms with Crippen LogP contribution in [0.5, 0.6) is 0 Å². The highest BCUT2D eigenvalue weighted by Crippen LogP contribution is 2.70. The van der Waals surface area contributed by atoms with Gasteiger partial charge in [0.05, 0.1) is 5.53 Å². The summed E-state index contributed by atoms with van der Waals surface area (Å²) in [6, 6.07) is 0. The van der Waals surface area contributed by atoms with E-state index in [1.54, 1.807) is 0 Å². The molecule has 0 N–H and O–H groups in total. The fourth-order valence-corrected chi connectivity index (χ4v) is 12.1. The zero-order chi connectivity index (χ0) is 16.3. The molecule has 0 rings (SSSR count). The molecule has 0 saturated heterocycles. The summed E-state index contributed by atoms with van der Waals surface area (Å²) in [5.74, 6) is 3.63. The SMILES string of the molecule is CCOCCCSP(SCCCOCC)SCCCOCC. The predicted octanol–water partition coefficient (Wildman–Crippen LogP) is 5.69. The van der Waals surface area contributed by atoms with Crippen LogP contribution in [0.25, 0.3) is 0 Å². The summed E-state index contributed by atoms with van der Waals surface area (Å²) in [6.45, 7) is 11.4. The van der Waals surface area contributed by atoms with Crippen LogP contribution in [-0.2, 0) is 14.2 Å². The Balaban J connectivity index is 3.72. The first-order valence-corrected chi connectivity index (χ1v) is 14.4. The summed E-state index contributed by atoms with van der Waals surface area (Å²) >= 11 is 6.39. The van der Waals surface area contributed by atoms with E-state index in [-0.39, 0.29) is 5.53 Å². The predicted molar refractivity (Wildman–Crippen MR) is 108 cm³/mol. The van der Waals surface area contributed by atoms with Crippen molar-refractivity contribution in [2.75, 3.05) is 56.9 Å².